The van der Waals surface area contributed by atoms with Gasteiger partial charge < -0.3 is 10.1 Å². The first-order valence-corrected chi connectivity index (χ1v) is 6.03. The summed E-state index contributed by atoms with van der Waals surface area (Å²) >= 11 is 0. The number of hydrogen-bond acceptors (Lipinski definition) is 4. The van der Waals surface area contributed by atoms with Gasteiger partial charge >= 0.3 is 0 Å². The molecule has 0 saturated carbocycles. The first-order chi connectivity index (χ1) is 8.85. The van der Waals surface area contributed by atoms with Crippen LogP contribution in [0.15, 0.2) is 30.5 Å². The van der Waals surface area contributed by atoms with Crippen LogP contribution in [0.4, 0.5) is 0 Å². The number of aryl methyl sites for hydroxylation is 1. The highest BCUT2D eigenvalue weighted by Gasteiger charge is 2.06. The number of aromatic nitrogens is 3. The lowest BCUT2D eigenvalue weighted by molar-refractivity contribution is 0.414. The summed E-state index contributed by atoms with van der Waals surface area (Å²) in [6, 6.07) is 7.82. The zero-order valence-electron chi connectivity index (χ0n) is 10.8. The monoisotopic (exact) mass is 246 g/mol. The molecule has 5 nitrogen and oxygen atoms in total. The Labute approximate surface area is 107 Å². The predicted octanol–water partition coefficient (Wildman–Crippen LogP) is 1.43. The predicted molar refractivity (Wildman–Crippen MR) is 70.2 cm³/mol. The third-order valence-corrected chi connectivity index (χ3v) is 2.78. The Morgan fingerprint density at radius 1 is 1.39 bits per heavy atom. The van der Waals surface area contributed by atoms with Gasteiger partial charge in [0.15, 0.2) is 0 Å². The third kappa shape index (κ3) is 2.87. The lowest BCUT2D eigenvalue weighted by atomic mass is 10.2. The van der Waals surface area contributed by atoms with E-state index in [1.165, 1.54) is 0 Å². The van der Waals surface area contributed by atoms with E-state index in [1.54, 1.807) is 7.11 Å². The van der Waals surface area contributed by atoms with Crippen molar-refractivity contribution in [2.45, 2.75) is 12.8 Å². The summed E-state index contributed by atoms with van der Waals surface area (Å²) in [5.74, 6) is 0.823. The molecule has 1 aromatic carbocycles. The van der Waals surface area contributed by atoms with Gasteiger partial charge in [0, 0.05) is 6.07 Å². The highest BCUT2D eigenvalue weighted by Crippen LogP contribution is 2.17. The molecule has 2 aromatic rings. The van der Waals surface area contributed by atoms with Crippen molar-refractivity contribution >= 4 is 0 Å². The maximum atomic E-state index is 5.22. The summed E-state index contributed by atoms with van der Waals surface area (Å²) < 4.78 is 7.08. The average Bonchev–Trinajstić information content (AvgIpc) is 2.87. The second-order valence-electron chi connectivity index (χ2n) is 4.05. The largest absolute Gasteiger partial charge is 0.497 e. The summed E-state index contributed by atoms with van der Waals surface area (Å²) in [5, 5.41) is 11.3. The van der Waals surface area contributed by atoms with Gasteiger partial charge in [-0.2, -0.15) is 0 Å². The van der Waals surface area contributed by atoms with Gasteiger partial charge in [-0.1, -0.05) is 11.3 Å². The molecule has 0 amide bonds. The Morgan fingerprint density at radius 2 is 2.28 bits per heavy atom. The molecule has 0 saturated heterocycles. The zero-order chi connectivity index (χ0) is 12.8. The van der Waals surface area contributed by atoms with Crippen molar-refractivity contribution < 1.29 is 4.74 Å². The average molecular weight is 246 g/mol. The van der Waals surface area contributed by atoms with Crippen molar-refractivity contribution in [3.05, 3.63) is 36.2 Å². The van der Waals surface area contributed by atoms with Crippen molar-refractivity contribution in [3.63, 3.8) is 0 Å². The fraction of sp³-hybridized carbons (Fsp3) is 0.385. The molecule has 0 bridgehead atoms. The van der Waals surface area contributed by atoms with Crippen LogP contribution in [0.3, 0.4) is 0 Å². The zero-order valence-corrected chi connectivity index (χ0v) is 10.8. The molecule has 0 atom stereocenters. The van der Waals surface area contributed by atoms with Crippen LogP contribution in [0.2, 0.25) is 0 Å². The van der Waals surface area contributed by atoms with Crippen molar-refractivity contribution in [2.24, 2.45) is 0 Å². The smallest absolute Gasteiger partial charge is 0.121 e. The van der Waals surface area contributed by atoms with Gasteiger partial charge in [-0.3, -0.25) is 0 Å². The number of benzene rings is 1. The van der Waals surface area contributed by atoms with Crippen LogP contribution in [0.1, 0.15) is 12.1 Å². The summed E-state index contributed by atoms with van der Waals surface area (Å²) in [6.07, 6.45) is 3.83. The Kier molecular flexibility index (Phi) is 4.30. The van der Waals surface area contributed by atoms with E-state index in [1.807, 2.05) is 42.2 Å². The summed E-state index contributed by atoms with van der Waals surface area (Å²) in [6.45, 7) is 0.989. The van der Waals surface area contributed by atoms with Crippen LogP contribution in [-0.2, 0) is 6.42 Å². The second-order valence-corrected chi connectivity index (χ2v) is 4.05. The molecular weight excluding hydrogens is 228 g/mol. The molecule has 0 spiro atoms. The van der Waals surface area contributed by atoms with Crippen molar-refractivity contribution in [3.8, 4) is 11.4 Å². The Bertz CT molecular complexity index is 495. The molecule has 0 radical (unpaired) electrons. The first-order valence-electron chi connectivity index (χ1n) is 6.03. The molecule has 0 aliphatic heterocycles. The molecule has 2 rings (SSSR count). The minimum absolute atomic E-state index is 0.823. The number of methoxy groups -OCH3 is 1. The molecule has 1 aromatic heterocycles. The van der Waals surface area contributed by atoms with E-state index in [2.05, 4.69) is 15.6 Å². The summed E-state index contributed by atoms with van der Waals surface area (Å²) in [7, 11) is 3.62. The number of hydrogen-bond donors (Lipinski definition) is 1. The Hall–Kier alpha value is -1.88. The van der Waals surface area contributed by atoms with E-state index < -0.39 is 0 Å². The van der Waals surface area contributed by atoms with Gasteiger partial charge in [-0.15, -0.1) is 5.10 Å². The number of rotatable bonds is 6. The normalized spacial score (nSPS) is 10.6. The number of nitrogens with zero attached hydrogens (tertiary/aromatic N) is 3. The van der Waals surface area contributed by atoms with E-state index in [0.29, 0.717) is 0 Å². The van der Waals surface area contributed by atoms with Crippen LogP contribution in [-0.4, -0.2) is 35.7 Å². The molecule has 18 heavy (non-hydrogen) atoms. The van der Waals surface area contributed by atoms with Crippen LogP contribution in [0.25, 0.3) is 5.69 Å². The fourth-order valence-corrected chi connectivity index (χ4v) is 1.83. The van der Waals surface area contributed by atoms with Gasteiger partial charge in [0.05, 0.1) is 24.7 Å². The fourth-order valence-electron chi connectivity index (χ4n) is 1.83. The van der Waals surface area contributed by atoms with E-state index in [9.17, 15) is 0 Å². The molecule has 0 unspecified atom stereocenters. The Balaban J connectivity index is 2.19. The molecule has 0 fully saturated rings. The van der Waals surface area contributed by atoms with Gasteiger partial charge in [0.2, 0.25) is 0 Å². The van der Waals surface area contributed by atoms with Crippen LogP contribution >= 0.6 is 0 Å². The lowest BCUT2D eigenvalue weighted by Crippen LogP contribution is -2.10. The van der Waals surface area contributed by atoms with Gasteiger partial charge in [-0.25, -0.2) is 4.68 Å². The first kappa shape index (κ1) is 12.6. The van der Waals surface area contributed by atoms with Crippen LogP contribution < -0.4 is 10.1 Å². The van der Waals surface area contributed by atoms with E-state index in [0.717, 1.165) is 36.5 Å². The van der Waals surface area contributed by atoms with Crippen LogP contribution in [0.5, 0.6) is 5.75 Å². The van der Waals surface area contributed by atoms with E-state index in [-0.39, 0.29) is 0 Å². The molecule has 1 heterocycles. The molecule has 0 aliphatic rings. The number of nitrogens with one attached hydrogen (secondary N) is 1. The number of ether oxygens (including phenoxy) is 1. The lowest BCUT2D eigenvalue weighted by Gasteiger charge is -2.07. The van der Waals surface area contributed by atoms with Crippen molar-refractivity contribution in [1.29, 1.82) is 0 Å². The standard InChI is InChI=1S/C13H18N4O/c1-14-8-4-6-12-10-15-16-17(12)11-5-3-7-13(9-11)18-2/h3,5,7,9-10,14H,4,6,8H2,1-2H3. The van der Waals surface area contributed by atoms with E-state index in [4.69, 9.17) is 4.74 Å². The quantitative estimate of drug-likeness (QED) is 0.783. The van der Waals surface area contributed by atoms with E-state index >= 15 is 0 Å². The highest BCUT2D eigenvalue weighted by molar-refractivity contribution is 5.39. The Morgan fingerprint density at radius 3 is 3.06 bits per heavy atom. The summed E-state index contributed by atoms with van der Waals surface area (Å²) in [5.41, 5.74) is 2.09. The maximum Gasteiger partial charge on any atom is 0.121 e. The molecule has 5 heteroatoms. The SMILES string of the molecule is CNCCCc1cnnn1-c1cccc(OC)c1. The van der Waals surface area contributed by atoms with Crippen LogP contribution in [0, 0.1) is 0 Å². The minimum atomic E-state index is 0.823. The molecule has 96 valence electrons. The highest BCUT2D eigenvalue weighted by atomic mass is 16.5. The second kappa shape index (κ2) is 6.16. The third-order valence-electron chi connectivity index (χ3n) is 2.78. The van der Waals surface area contributed by atoms with Crippen molar-refractivity contribution in [1.82, 2.24) is 20.3 Å². The topological polar surface area (TPSA) is 52.0 Å². The van der Waals surface area contributed by atoms with Gasteiger partial charge in [-0.05, 0) is 38.6 Å². The van der Waals surface area contributed by atoms with Gasteiger partial charge in [0.1, 0.15) is 5.75 Å². The maximum absolute atomic E-state index is 5.22. The van der Waals surface area contributed by atoms with Crippen molar-refractivity contribution in [2.75, 3.05) is 20.7 Å². The summed E-state index contributed by atoms with van der Waals surface area (Å²) in [4.78, 5) is 0. The minimum Gasteiger partial charge on any atom is -0.497 e. The van der Waals surface area contributed by atoms with Gasteiger partial charge in [0.25, 0.3) is 0 Å². The molecule has 0 aliphatic carbocycles. The molecular formula is C13H18N4O. The molecule has 1 N–H and O–H groups in total.